The molecule has 1 aliphatic rings. The van der Waals surface area contributed by atoms with E-state index in [1.54, 1.807) is 6.07 Å². The highest BCUT2D eigenvalue weighted by molar-refractivity contribution is 14.1. The number of nitrogens with one attached hydrogen (secondary N) is 1. The van der Waals surface area contributed by atoms with Gasteiger partial charge in [-0.15, -0.1) is 0 Å². The Bertz CT molecular complexity index is 933. The lowest BCUT2D eigenvalue weighted by molar-refractivity contribution is -0.0881. The van der Waals surface area contributed by atoms with Crippen molar-refractivity contribution in [2.75, 3.05) is 39.0 Å². The minimum atomic E-state index is -1.27. The molecule has 2 N–H and O–H groups in total. The molecular weight excluding hydrogens is 498 g/mol. The molecule has 5 nitrogen and oxygen atoms in total. The fourth-order valence-electron chi connectivity index (χ4n) is 3.14. The molecule has 1 aliphatic heterocycles. The van der Waals surface area contributed by atoms with Crippen LogP contribution in [0.3, 0.4) is 0 Å². The van der Waals surface area contributed by atoms with Crippen molar-refractivity contribution in [1.29, 1.82) is 0 Å². The number of aliphatic hydroxyl groups is 1. The zero-order valence-electron chi connectivity index (χ0n) is 16.0. The summed E-state index contributed by atoms with van der Waals surface area (Å²) in [4.78, 5) is 16.1. The van der Waals surface area contributed by atoms with Crippen molar-refractivity contribution in [3.05, 3.63) is 56.9 Å². The highest BCUT2D eigenvalue weighted by Crippen LogP contribution is 2.32. The molecule has 1 heterocycles. The standard InChI is InChI=1S/C20H21F3IN3O2/c1-26(2)8-7-20(29)10-27(11-20)19(28)13-4-5-14(21)17(23)18(13)25-16-6-3-12(24)9-15(16)22/h3-6,9,25,29H,7-8,10-11H2,1-2H3. The molecule has 2 aromatic rings. The van der Waals surface area contributed by atoms with E-state index in [4.69, 9.17) is 0 Å². The first-order chi connectivity index (χ1) is 13.6. The van der Waals surface area contributed by atoms with Crippen LogP contribution in [-0.4, -0.2) is 60.1 Å². The Morgan fingerprint density at radius 2 is 1.90 bits per heavy atom. The summed E-state index contributed by atoms with van der Waals surface area (Å²) in [6.45, 7) is 0.842. The molecule has 0 saturated carbocycles. The zero-order chi connectivity index (χ0) is 21.3. The number of likely N-dealkylation sites (tertiary alicyclic amines) is 1. The van der Waals surface area contributed by atoms with Gasteiger partial charge in [0.25, 0.3) is 5.91 Å². The van der Waals surface area contributed by atoms with Crippen LogP contribution in [0.5, 0.6) is 0 Å². The maximum absolute atomic E-state index is 14.5. The van der Waals surface area contributed by atoms with Crippen LogP contribution in [0, 0.1) is 21.0 Å². The summed E-state index contributed by atoms with van der Waals surface area (Å²) in [6.07, 6.45) is 0.487. The summed E-state index contributed by atoms with van der Waals surface area (Å²) in [6, 6.07) is 6.24. The Kier molecular flexibility index (Phi) is 6.39. The second-order valence-corrected chi connectivity index (χ2v) is 8.72. The van der Waals surface area contributed by atoms with E-state index in [0.29, 0.717) is 16.5 Å². The van der Waals surface area contributed by atoms with Gasteiger partial charge in [0.05, 0.1) is 30.0 Å². The third-order valence-corrected chi connectivity index (χ3v) is 5.47. The molecule has 1 fully saturated rings. The van der Waals surface area contributed by atoms with Crippen molar-refractivity contribution in [1.82, 2.24) is 9.80 Å². The van der Waals surface area contributed by atoms with Gasteiger partial charge in [0, 0.05) is 10.1 Å². The Morgan fingerprint density at radius 3 is 2.52 bits per heavy atom. The molecule has 1 saturated heterocycles. The minimum absolute atomic E-state index is 0.0740. The number of halogens is 4. The average molecular weight is 519 g/mol. The lowest BCUT2D eigenvalue weighted by Gasteiger charge is -2.47. The Labute approximate surface area is 180 Å². The molecule has 0 spiro atoms. The van der Waals surface area contributed by atoms with Crippen LogP contribution in [0.25, 0.3) is 0 Å². The SMILES string of the molecule is CN(C)CCC1(O)CN(C(=O)c2ccc(F)c(F)c2Nc2ccc(I)cc2F)C1. The van der Waals surface area contributed by atoms with E-state index in [2.05, 4.69) is 5.32 Å². The third-order valence-electron chi connectivity index (χ3n) is 4.80. The summed E-state index contributed by atoms with van der Waals surface area (Å²) < 4.78 is 43.1. The predicted octanol–water partition coefficient (Wildman–Crippen LogP) is 3.59. The monoisotopic (exact) mass is 519 g/mol. The smallest absolute Gasteiger partial charge is 0.256 e. The molecule has 0 aliphatic carbocycles. The number of benzene rings is 2. The molecule has 0 aromatic heterocycles. The van der Waals surface area contributed by atoms with Gasteiger partial charge in [-0.25, -0.2) is 13.2 Å². The number of hydrogen-bond acceptors (Lipinski definition) is 4. The van der Waals surface area contributed by atoms with Crippen molar-refractivity contribution in [3.8, 4) is 0 Å². The van der Waals surface area contributed by atoms with Crippen LogP contribution >= 0.6 is 22.6 Å². The Balaban J connectivity index is 1.83. The van der Waals surface area contributed by atoms with Crippen molar-refractivity contribution in [2.45, 2.75) is 12.0 Å². The second-order valence-electron chi connectivity index (χ2n) is 7.47. The van der Waals surface area contributed by atoms with Gasteiger partial charge in [-0.2, -0.15) is 0 Å². The van der Waals surface area contributed by atoms with Gasteiger partial charge in [0.2, 0.25) is 0 Å². The lowest BCUT2D eigenvalue weighted by atomic mass is 9.89. The fraction of sp³-hybridized carbons (Fsp3) is 0.350. The van der Waals surface area contributed by atoms with E-state index in [1.807, 2.05) is 41.6 Å². The van der Waals surface area contributed by atoms with Crippen LogP contribution in [0.4, 0.5) is 24.5 Å². The lowest BCUT2D eigenvalue weighted by Crippen LogP contribution is -2.64. The zero-order valence-corrected chi connectivity index (χ0v) is 18.1. The topological polar surface area (TPSA) is 55.8 Å². The van der Waals surface area contributed by atoms with Crippen molar-refractivity contribution in [3.63, 3.8) is 0 Å². The molecule has 9 heteroatoms. The molecule has 3 rings (SSSR count). The van der Waals surface area contributed by atoms with Crippen LogP contribution in [0.15, 0.2) is 30.3 Å². The van der Waals surface area contributed by atoms with Crippen molar-refractivity contribution in [2.24, 2.45) is 0 Å². The normalized spacial score (nSPS) is 15.4. The van der Waals surface area contributed by atoms with Gasteiger partial charge < -0.3 is 20.2 Å². The number of rotatable bonds is 6. The summed E-state index contributed by atoms with van der Waals surface area (Å²) in [5, 5.41) is 13.0. The van der Waals surface area contributed by atoms with Gasteiger partial charge in [0.1, 0.15) is 11.4 Å². The van der Waals surface area contributed by atoms with E-state index >= 15 is 0 Å². The van der Waals surface area contributed by atoms with E-state index in [-0.39, 0.29) is 24.3 Å². The predicted molar refractivity (Wildman–Crippen MR) is 113 cm³/mol. The first-order valence-corrected chi connectivity index (χ1v) is 10.0. The van der Waals surface area contributed by atoms with E-state index in [0.717, 1.165) is 12.1 Å². The molecule has 1 amide bonds. The van der Waals surface area contributed by atoms with Gasteiger partial charge >= 0.3 is 0 Å². The summed E-state index contributed by atoms with van der Waals surface area (Å²) in [7, 11) is 3.77. The van der Waals surface area contributed by atoms with Crippen LogP contribution in [-0.2, 0) is 0 Å². The number of amides is 1. The molecule has 0 bridgehead atoms. The number of hydrogen-bond donors (Lipinski definition) is 2. The van der Waals surface area contributed by atoms with Gasteiger partial charge in [0.15, 0.2) is 11.6 Å². The molecule has 29 heavy (non-hydrogen) atoms. The third kappa shape index (κ3) is 4.84. The maximum Gasteiger partial charge on any atom is 0.256 e. The van der Waals surface area contributed by atoms with Crippen molar-refractivity contribution >= 4 is 39.9 Å². The van der Waals surface area contributed by atoms with Crippen molar-refractivity contribution < 1.29 is 23.1 Å². The molecule has 0 atom stereocenters. The van der Waals surface area contributed by atoms with Gasteiger partial charge in [-0.05, 0) is 73.4 Å². The molecule has 156 valence electrons. The number of nitrogens with zero attached hydrogens (tertiary/aromatic N) is 2. The highest BCUT2D eigenvalue weighted by Gasteiger charge is 2.44. The molecular formula is C20H21F3IN3O2. The molecule has 0 radical (unpaired) electrons. The number of carbonyl (C=O) groups excluding carboxylic acids is 1. The average Bonchev–Trinajstić information content (AvgIpc) is 2.63. The van der Waals surface area contributed by atoms with E-state index < -0.39 is 34.6 Å². The molecule has 2 aromatic carbocycles. The van der Waals surface area contributed by atoms with Gasteiger partial charge in [-0.3, -0.25) is 4.79 Å². The van der Waals surface area contributed by atoms with Gasteiger partial charge in [-0.1, -0.05) is 0 Å². The first kappa shape index (κ1) is 21.8. The largest absolute Gasteiger partial charge is 0.386 e. The summed E-state index contributed by atoms with van der Waals surface area (Å²) in [5.74, 6) is -3.63. The highest BCUT2D eigenvalue weighted by atomic mass is 127. The fourth-order valence-corrected chi connectivity index (χ4v) is 3.60. The summed E-state index contributed by atoms with van der Waals surface area (Å²) >= 11 is 1.93. The van der Waals surface area contributed by atoms with E-state index in [1.165, 1.54) is 17.0 Å². The maximum atomic E-state index is 14.5. The number of anilines is 2. The molecule has 0 unspecified atom stereocenters. The summed E-state index contributed by atoms with van der Waals surface area (Å²) in [5.41, 5.74) is -1.64. The number of carbonyl (C=O) groups is 1. The van der Waals surface area contributed by atoms with Crippen LogP contribution in [0.1, 0.15) is 16.8 Å². The first-order valence-electron chi connectivity index (χ1n) is 8.96. The minimum Gasteiger partial charge on any atom is -0.386 e. The van der Waals surface area contributed by atoms with E-state index in [9.17, 15) is 23.1 Å². The number of β-amino-alcohol motifs (C(OH)–C–C–N with tert-alkyl or cyclic N) is 1. The van der Waals surface area contributed by atoms with Crippen LogP contribution in [0.2, 0.25) is 0 Å². The van der Waals surface area contributed by atoms with Crippen LogP contribution < -0.4 is 5.32 Å². The Morgan fingerprint density at radius 1 is 1.21 bits per heavy atom. The second kappa shape index (κ2) is 8.49. The Hall–Kier alpha value is -1.85. The quantitative estimate of drug-likeness (QED) is 0.574.